The summed E-state index contributed by atoms with van der Waals surface area (Å²) in [6, 6.07) is 12.1. The van der Waals surface area contributed by atoms with Crippen LogP contribution in [0.15, 0.2) is 40.9 Å². The molecule has 7 heteroatoms. The van der Waals surface area contributed by atoms with Gasteiger partial charge in [-0.05, 0) is 36.4 Å². The number of hydrogen-bond donors (Lipinski definition) is 0. The molecular weight excluding hydrogens is 337 g/mol. The van der Waals surface area contributed by atoms with Crippen molar-refractivity contribution in [1.29, 1.82) is 5.26 Å². The molecular formula is C16H9Cl2N3O2. The Morgan fingerprint density at radius 1 is 1.13 bits per heavy atom. The van der Waals surface area contributed by atoms with Crippen molar-refractivity contribution in [3.8, 4) is 34.7 Å². The summed E-state index contributed by atoms with van der Waals surface area (Å²) in [5.41, 5.74) is 1.71. The molecule has 1 aromatic heterocycles. The molecule has 0 saturated carbocycles. The number of aromatic nitrogens is 2. The van der Waals surface area contributed by atoms with Crippen LogP contribution in [-0.2, 0) is 0 Å². The highest BCUT2D eigenvalue weighted by atomic mass is 35.5. The van der Waals surface area contributed by atoms with Gasteiger partial charge >= 0.3 is 0 Å². The van der Waals surface area contributed by atoms with E-state index in [9.17, 15) is 0 Å². The second-order valence-corrected chi connectivity index (χ2v) is 5.39. The highest BCUT2D eigenvalue weighted by molar-refractivity contribution is 6.33. The quantitative estimate of drug-likeness (QED) is 0.693. The van der Waals surface area contributed by atoms with Crippen molar-refractivity contribution in [3.05, 3.63) is 52.0 Å². The summed E-state index contributed by atoms with van der Waals surface area (Å²) in [7, 11) is 1.54. The number of hydrogen-bond acceptors (Lipinski definition) is 5. The lowest BCUT2D eigenvalue weighted by Gasteiger charge is -2.03. The fourth-order valence-corrected chi connectivity index (χ4v) is 2.53. The van der Waals surface area contributed by atoms with Crippen molar-refractivity contribution in [2.24, 2.45) is 0 Å². The minimum atomic E-state index is 0.265. The summed E-state index contributed by atoms with van der Waals surface area (Å²) in [4.78, 5) is 4.32. The predicted octanol–water partition coefficient (Wildman–Crippen LogP) is 4.59. The van der Waals surface area contributed by atoms with E-state index >= 15 is 0 Å². The number of nitriles is 1. The van der Waals surface area contributed by atoms with Crippen LogP contribution in [0.4, 0.5) is 0 Å². The summed E-state index contributed by atoms with van der Waals surface area (Å²) >= 11 is 12.2. The topological polar surface area (TPSA) is 71.9 Å². The van der Waals surface area contributed by atoms with Gasteiger partial charge in [0, 0.05) is 5.56 Å². The smallest absolute Gasteiger partial charge is 0.259 e. The molecule has 114 valence electrons. The van der Waals surface area contributed by atoms with Gasteiger partial charge in [0.2, 0.25) is 5.82 Å². The molecule has 0 fully saturated rings. The molecule has 0 saturated heterocycles. The molecule has 0 unspecified atom stereocenters. The SMILES string of the molecule is COc1ccc(-c2noc(-c3ccc(C#N)cc3Cl)n2)cc1Cl. The van der Waals surface area contributed by atoms with E-state index < -0.39 is 0 Å². The molecule has 0 aliphatic carbocycles. The molecule has 0 N–H and O–H groups in total. The summed E-state index contributed by atoms with van der Waals surface area (Å²) in [5, 5.41) is 13.6. The molecule has 0 amide bonds. The minimum Gasteiger partial charge on any atom is -0.495 e. The monoisotopic (exact) mass is 345 g/mol. The van der Waals surface area contributed by atoms with Crippen LogP contribution in [0.25, 0.3) is 22.8 Å². The molecule has 5 nitrogen and oxygen atoms in total. The molecule has 0 aliphatic rings. The van der Waals surface area contributed by atoms with Crippen LogP contribution in [0.2, 0.25) is 10.0 Å². The number of nitrogens with zero attached hydrogens (tertiary/aromatic N) is 3. The average molecular weight is 346 g/mol. The van der Waals surface area contributed by atoms with E-state index in [1.54, 1.807) is 43.5 Å². The molecule has 1 heterocycles. The molecule has 3 aromatic rings. The summed E-state index contributed by atoms with van der Waals surface area (Å²) < 4.78 is 10.4. The maximum atomic E-state index is 8.86. The second kappa shape index (κ2) is 6.29. The first kappa shape index (κ1) is 15.3. The van der Waals surface area contributed by atoms with Crippen LogP contribution in [0.5, 0.6) is 5.75 Å². The zero-order valence-corrected chi connectivity index (χ0v) is 13.4. The van der Waals surface area contributed by atoms with Crippen molar-refractivity contribution in [1.82, 2.24) is 10.1 Å². The zero-order valence-electron chi connectivity index (χ0n) is 11.9. The van der Waals surface area contributed by atoms with Gasteiger partial charge in [-0.25, -0.2) is 0 Å². The number of ether oxygens (including phenoxy) is 1. The Labute approximate surface area is 142 Å². The first-order valence-corrected chi connectivity index (χ1v) is 7.25. The Balaban J connectivity index is 1.98. The highest BCUT2D eigenvalue weighted by Crippen LogP contribution is 2.32. The van der Waals surface area contributed by atoms with Crippen molar-refractivity contribution >= 4 is 23.2 Å². The van der Waals surface area contributed by atoms with Gasteiger partial charge < -0.3 is 9.26 Å². The number of benzene rings is 2. The van der Waals surface area contributed by atoms with E-state index in [0.29, 0.717) is 38.3 Å². The molecule has 0 bridgehead atoms. The van der Waals surface area contributed by atoms with Crippen molar-refractivity contribution in [2.45, 2.75) is 0 Å². The van der Waals surface area contributed by atoms with Gasteiger partial charge in [0.25, 0.3) is 5.89 Å². The maximum Gasteiger partial charge on any atom is 0.259 e. The predicted molar refractivity (Wildman–Crippen MR) is 86.5 cm³/mol. The van der Waals surface area contributed by atoms with Gasteiger partial charge in [-0.1, -0.05) is 28.4 Å². The van der Waals surface area contributed by atoms with Crippen LogP contribution in [0.3, 0.4) is 0 Å². The van der Waals surface area contributed by atoms with Crippen molar-refractivity contribution < 1.29 is 9.26 Å². The van der Waals surface area contributed by atoms with E-state index in [0.717, 1.165) is 0 Å². The Kier molecular flexibility index (Phi) is 4.20. The third-order valence-corrected chi connectivity index (χ3v) is 3.77. The molecule has 0 radical (unpaired) electrons. The zero-order chi connectivity index (χ0) is 16.4. The lowest BCUT2D eigenvalue weighted by Crippen LogP contribution is -1.86. The third-order valence-electron chi connectivity index (χ3n) is 3.16. The minimum absolute atomic E-state index is 0.265. The fraction of sp³-hybridized carbons (Fsp3) is 0.0625. The van der Waals surface area contributed by atoms with Crippen LogP contribution in [0, 0.1) is 11.3 Å². The number of halogens is 2. The van der Waals surface area contributed by atoms with Gasteiger partial charge in [-0.3, -0.25) is 0 Å². The second-order valence-electron chi connectivity index (χ2n) is 4.58. The Morgan fingerprint density at radius 2 is 1.96 bits per heavy atom. The van der Waals surface area contributed by atoms with E-state index in [-0.39, 0.29) is 5.89 Å². The van der Waals surface area contributed by atoms with Crippen LogP contribution >= 0.6 is 23.2 Å². The van der Waals surface area contributed by atoms with Crippen LogP contribution in [-0.4, -0.2) is 17.3 Å². The molecule has 2 aromatic carbocycles. The molecule has 0 aliphatic heterocycles. The van der Waals surface area contributed by atoms with Crippen molar-refractivity contribution in [3.63, 3.8) is 0 Å². The normalized spacial score (nSPS) is 10.3. The Hall–Kier alpha value is -2.55. The number of rotatable bonds is 3. The van der Waals surface area contributed by atoms with E-state index in [2.05, 4.69) is 10.1 Å². The van der Waals surface area contributed by atoms with Gasteiger partial charge in [0.1, 0.15) is 5.75 Å². The van der Waals surface area contributed by atoms with E-state index in [1.165, 1.54) is 0 Å². The van der Waals surface area contributed by atoms with Crippen LogP contribution in [0.1, 0.15) is 5.56 Å². The maximum absolute atomic E-state index is 8.86. The molecule has 0 spiro atoms. The van der Waals surface area contributed by atoms with Gasteiger partial charge in [-0.15, -0.1) is 0 Å². The Bertz CT molecular complexity index is 916. The fourth-order valence-electron chi connectivity index (χ4n) is 2.01. The standard InChI is InChI=1S/C16H9Cl2N3O2/c1-22-14-5-3-10(7-13(14)18)15-20-16(23-21-15)11-4-2-9(8-19)6-12(11)17/h2-7H,1H3. The van der Waals surface area contributed by atoms with E-state index in [1.807, 2.05) is 6.07 Å². The number of methoxy groups -OCH3 is 1. The average Bonchev–Trinajstić information content (AvgIpc) is 3.04. The van der Waals surface area contributed by atoms with Gasteiger partial charge in [0.05, 0.1) is 34.4 Å². The lowest BCUT2D eigenvalue weighted by atomic mass is 10.1. The Morgan fingerprint density at radius 3 is 2.61 bits per heavy atom. The molecule has 3 rings (SSSR count). The first-order chi connectivity index (χ1) is 11.1. The largest absolute Gasteiger partial charge is 0.495 e. The highest BCUT2D eigenvalue weighted by Gasteiger charge is 2.15. The first-order valence-electron chi connectivity index (χ1n) is 6.50. The summed E-state index contributed by atoms with van der Waals surface area (Å²) in [6.45, 7) is 0. The molecule has 23 heavy (non-hydrogen) atoms. The van der Waals surface area contributed by atoms with Crippen molar-refractivity contribution in [2.75, 3.05) is 7.11 Å². The van der Waals surface area contributed by atoms with Gasteiger partial charge in [0.15, 0.2) is 0 Å². The summed E-state index contributed by atoms with van der Waals surface area (Å²) in [6.07, 6.45) is 0. The third kappa shape index (κ3) is 3.00. The van der Waals surface area contributed by atoms with Crippen LogP contribution < -0.4 is 4.74 Å². The van der Waals surface area contributed by atoms with Gasteiger partial charge in [-0.2, -0.15) is 10.2 Å². The lowest BCUT2D eigenvalue weighted by molar-refractivity contribution is 0.415. The summed E-state index contributed by atoms with van der Waals surface area (Å²) in [5.74, 6) is 1.21. The molecule has 0 atom stereocenters. The van der Waals surface area contributed by atoms with E-state index in [4.69, 9.17) is 37.7 Å².